The first-order valence-electron chi connectivity index (χ1n) is 5.13. The van der Waals surface area contributed by atoms with Crippen LogP contribution in [0.5, 0.6) is 0 Å². The highest BCUT2D eigenvalue weighted by atomic mass is 16.6. The molecule has 14 heavy (non-hydrogen) atoms. The second-order valence-electron chi connectivity index (χ2n) is 4.64. The molecule has 0 aromatic carbocycles. The summed E-state index contributed by atoms with van der Waals surface area (Å²) in [5.74, 6) is 0. The molecule has 0 rings (SSSR count). The van der Waals surface area contributed by atoms with Crippen molar-refractivity contribution in [1.82, 2.24) is 0 Å². The van der Waals surface area contributed by atoms with Gasteiger partial charge in [0.05, 0.1) is 31.0 Å². The largest absolute Gasteiger partial charge is 0.382 e. The van der Waals surface area contributed by atoms with Crippen molar-refractivity contribution in [2.75, 3.05) is 20.3 Å². The van der Waals surface area contributed by atoms with Crippen LogP contribution in [0.2, 0.25) is 0 Å². The Kier molecular flexibility index (Phi) is 6.33. The summed E-state index contributed by atoms with van der Waals surface area (Å²) >= 11 is 0. The molecular weight excluding hydrogens is 180 g/mol. The summed E-state index contributed by atoms with van der Waals surface area (Å²) in [7, 11) is 1.68. The third-order valence-corrected chi connectivity index (χ3v) is 1.57. The third-order valence-electron chi connectivity index (χ3n) is 1.57. The fourth-order valence-corrected chi connectivity index (χ4v) is 1.22. The van der Waals surface area contributed by atoms with E-state index in [1.807, 2.05) is 34.6 Å². The molecule has 0 heterocycles. The summed E-state index contributed by atoms with van der Waals surface area (Å²) in [6.07, 6.45) is 0.250. The second-order valence-corrected chi connectivity index (χ2v) is 4.64. The molecule has 0 saturated heterocycles. The maximum atomic E-state index is 5.70. The van der Waals surface area contributed by atoms with Crippen molar-refractivity contribution in [1.29, 1.82) is 0 Å². The molecule has 0 aliphatic carbocycles. The Morgan fingerprint density at radius 3 is 2.00 bits per heavy atom. The van der Waals surface area contributed by atoms with Gasteiger partial charge in [-0.25, -0.2) is 0 Å². The standard InChI is InChI=1S/C11H24O3/c1-9(7-12-6)13-8-10(2)14-11(3,4)5/h9-10H,7-8H2,1-6H3. The van der Waals surface area contributed by atoms with E-state index in [0.717, 1.165) is 0 Å². The Bertz CT molecular complexity index is 140. The van der Waals surface area contributed by atoms with E-state index in [9.17, 15) is 0 Å². The van der Waals surface area contributed by atoms with Crippen molar-refractivity contribution in [2.45, 2.75) is 52.4 Å². The Hall–Kier alpha value is -0.120. The van der Waals surface area contributed by atoms with E-state index in [0.29, 0.717) is 13.2 Å². The predicted molar refractivity (Wildman–Crippen MR) is 57.6 cm³/mol. The molecular formula is C11H24O3. The van der Waals surface area contributed by atoms with Crippen LogP contribution in [0.4, 0.5) is 0 Å². The molecule has 86 valence electrons. The maximum Gasteiger partial charge on any atom is 0.0787 e. The van der Waals surface area contributed by atoms with Crippen LogP contribution in [0.15, 0.2) is 0 Å². The van der Waals surface area contributed by atoms with E-state index in [2.05, 4.69) is 0 Å². The lowest BCUT2D eigenvalue weighted by Gasteiger charge is -2.25. The summed E-state index contributed by atoms with van der Waals surface area (Å²) in [6.45, 7) is 11.4. The molecule has 0 aromatic heterocycles. The Balaban J connectivity index is 3.58. The van der Waals surface area contributed by atoms with E-state index in [-0.39, 0.29) is 17.8 Å². The number of ether oxygens (including phenoxy) is 3. The fraction of sp³-hybridized carbons (Fsp3) is 1.00. The highest BCUT2D eigenvalue weighted by Crippen LogP contribution is 2.11. The van der Waals surface area contributed by atoms with Gasteiger partial charge in [0, 0.05) is 7.11 Å². The van der Waals surface area contributed by atoms with Crippen molar-refractivity contribution in [3.63, 3.8) is 0 Å². The molecule has 0 fully saturated rings. The van der Waals surface area contributed by atoms with Gasteiger partial charge in [0.25, 0.3) is 0 Å². The van der Waals surface area contributed by atoms with Gasteiger partial charge < -0.3 is 14.2 Å². The lowest BCUT2D eigenvalue weighted by molar-refractivity contribution is -0.102. The summed E-state index contributed by atoms with van der Waals surface area (Å²) < 4.78 is 16.2. The highest BCUT2D eigenvalue weighted by molar-refractivity contribution is 4.63. The van der Waals surface area contributed by atoms with Gasteiger partial charge in [0.2, 0.25) is 0 Å². The monoisotopic (exact) mass is 204 g/mol. The minimum atomic E-state index is -0.104. The summed E-state index contributed by atoms with van der Waals surface area (Å²) in [6, 6.07) is 0. The van der Waals surface area contributed by atoms with Gasteiger partial charge in [0.1, 0.15) is 0 Å². The second kappa shape index (κ2) is 6.38. The highest BCUT2D eigenvalue weighted by Gasteiger charge is 2.15. The van der Waals surface area contributed by atoms with Gasteiger partial charge in [-0.2, -0.15) is 0 Å². The fourth-order valence-electron chi connectivity index (χ4n) is 1.22. The van der Waals surface area contributed by atoms with Gasteiger partial charge in [-0.05, 0) is 34.6 Å². The lowest BCUT2D eigenvalue weighted by Crippen LogP contribution is -2.30. The van der Waals surface area contributed by atoms with Crippen molar-refractivity contribution >= 4 is 0 Å². The molecule has 0 radical (unpaired) electrons. The molecule has 0 bridgehead atoms. The van der Waals surface area contributed by atoms with Crippen molar-refractivity contribution in [3.8, 4) is 0 Å². The smallest absolute Gasteiger partial charge is 0.0787 e. The zero-order valence-electron chi connectivity index (χ0n) is 10.3. The van der Waals surface area contributed by atoms with Crippen molar-refractivity contribution in [2.24, 2.45) is 0 Å². The van der Waals surface area contributed by atoms with Gasteiger partial charge in [-0.15, -0.1) is 0 Å². The van der Waals surface area contributed by atoms with Crippen molar-refractivity contribution < 1.29 is 14.2 Å². The van der Waals surface area contributed by atoms with E-state index in [4.69, 9.17) is 14.2 Å². The van der Waals surface area contributed by atoms with Gasteiger partial charge in [0.15, 0.2) is 0 Å². The zero-order valence-corrected chi connectivity index (χ0v) is 10.3. The number of rotatable bonds is 6. The molecule has 0 aromatic rings. The number of hydrogen-bond donors (Lipinski definition) is 0. The minimum Gasteiger partial charge on any atom is -0.382 e. The number of hydrogen-bond acceptors (Lipinski definition) is 3. The first-order chi connectivity index (χ1) is 6.35. The Labute approximate surface area is 87.7 Å². The first kappa shape index (κ1) is 13.9. The Morgan fingerprint density at radius 2 is 1.57 bits per heavy atom. The quantitative estimate of drug-likeness (QED) is 0.664. The molecule has 0 N–H and O–H groups in total. The summed E-state index contributed by atoms with van der Waals surface area (Å²) in [4.78, 5) is 0. The average molecular weight is 204 g/mol. The molecule has 0 spiro atoms. The Morgan fingerprint density at radius 1 is 1.00 bits per heavy atom. The SMILES string of the molecule is COCC(C)OCC(C)OC(C)(C)C. The van der Waals surface area contributed by atoms with Crippen LogP contribution >= 0.6 is 0 Å². The zero-order chi connectivity index (χ0) is 11.2. The third kappa shape index (κ3) is 8.48. The van der Waals surface area contributed by atoms with Gasteiger partial charge >= 0.3 is 0 Å². The van der Waals surface area contributed by atoms with Crippen LogP contribution in [0.25, 0.3) is 0 Å². The molecule has 2 atom stereocenters. The van der Waals surface area contributed by atoms with Gasteiger partial charge in [-0.1, -0.05) is 0 Å². The number of methoxy groups -OCH3 is 1. The molecule has 3 heteroatoms. The molecule has 0 saturated carbocycles. The van der Waals surface area contributed by atoms with E-state index < -0.39 is 0 Å². The van der Waals surface area contributed by atoms with E-state index >= 15 is 0 Å². The normalized spacial score (nSPS) is 16.7. The topological polar surface area (TPSA) is 27.7 Å². The minimum absolute atomic E-state index is 0.104. The molecule has 0 aliphatic heterocycles. The molecule has 2 unspecified atom stereocenters. The van der Waals surface area contributed by atoms with Gasteiger partial charge in [-0.3, -0.25) is 0 Å². The first-order valence-corrected chi connectivity index (χ1v) is 5.13. The van der Waals surface area contributed by atoms with E-state index in [1.165, 1.54) is 0 Å². The summed E-state index contributed by atoms with van der Waals surface area (Å²) in [5, 5.41) is 0. The van der Waals surface area contributed by atoms with E-state index in [1.54, 1.807) is 7.11 Å². The summed E-state index contributed by atoms with van der Waals surface area (Å²) in [5.41, 5.74) is -0.104. The maximum absolute atomic E-state index is 5.70. The van der Waals surface area contributed by atoms with Crippen LogP contribution in [0, 0.1) is 0 Å². The van der Waals surface area contributed by atoms with Crippen LogP contribution in [0.3, 0.4) is 0 Å². The van der Waals surface area contributed by atoms with Crippen LogP contribution in [0.1, 0.15) is 34.6 Å². The van der Waals surface area contributed by atoms with Crippen molar-refractivity contribution in [3.05, 3.63) is 0 Å². The molecule has 0 amide bonds. The molecule has 3 nitrogen and oxygen atoms in total. The average Bonchev–Trinajstić information content (AvgIpc) is 1.98. The van der Waals surface area contributed by atoms with Crippen LogP contribution in [-0.4, -0.2) is 38.1 Å². The van der Waals surface area contributed by atoms with Crippen LogP contribution in [-0.2, 0) is 14.2 Å². The lowest BCUT2D eigenvalue weighted by atomic mass is 10.2. The van der Waals surface area contributed by atoms with Crippen LogP contribution < -0.4 is 0 Å². The molecule has 0 aliphatic rings. The predicted octanol–water partition coefficient (Wildman–Crippen LogP) is 2.24.